The minimum atomic E-state index is -0.569. The zero-order valence-corrected chi connectivity index (χ0v) is 21.3. The Labute approximate surface area is 221 Å². The highest BCUT2D eigenvalue weighted by molar-refractivity contribution is 7.11. The van der Waals surface area contributed by atoms with Gasteiger partial charge in [0, 0.05) is 49.4 Å². The van der Waals surface area contributed by atoms with Gasteiger partial charge in [-0.2, -0.15) is 10.4 Å². The molecule has 2 amide bonds. The third-order valence-electron chi connectivity index (χ3n) is 6.06. The number of fused-ring (bicyclic) bond motifs is 1. The van der Waals surface area contributed by atoms with Crippen LogP contribution >= 0.6 is 11.3 Å². The lowest BCUT2D eigenvalue weighted by atomic mass is 10.1. The van der Waals surface area contributed by atoms with Gasteiger partial charge in [0.15, 0.2) is 0 Å². The van der Waals surface area contributed by atoms with E-state index in [-0.39, 0.29) is 17.3 Å². The molecule has 0 aliphatic carbocycles. The summed E-state index contributed by atoms with van der Waals surface area (Å²) in [4.78, 5) is 18.8. The molecule has 13 heteroatoms. The highest BCUT2D eigenvalue weighted by Gasteiger charge is 2.19. The van der Waals surface area contributed by atoms with Crippen LogP contribution in [-0.2, 0) is 4.74 Å². The van der Waals surface area contributed by atoms with Gasteiger partial charge in [-0.1, -0.05) is 11.3 Å². The summed E-state index contributed by atoms with van der Waals surface area (Å²) in [6.07, 6.45) is 4.64. The molecule has 11 nitrogen and oxygen atoms in total. The van der Waals surface area contributed by atoms with E-state index in [4.69, 9.17) is 9.47 Å². The maximum atomic E-state index is 15.0. The van der Waals surface area contributed by atoms with Gasteiger partial charge >= 0.3 is 6.03 Å². The second-order valence-corrected chi connectivity index (χ2v) is 9.36. The largest absolute Gasteiger partial charge is 0.431 e. The number of rotatable bonds is 8. The standard InChI is InChI=1S/C25H25FN8O3S/c1-16-21(32-24(35)28-4-6-33-7-9-36-10-8-33)15-34-23(16)22(17(13-27)14-30-34)31-20-3-2-18(12-19(20)26)37-25-29-5-11-38-25/h2-3,5,11-12,14-15,31H,4,6-10H2,1H3,(H2,28,32,35). The zero-order chi connectivity index (χ0) is 26.5. The zero-order valence-electron chi connectivity index (χ0n) is 20.5. The SMILES string of the molecule is Cc1c(NC(=O)NCCN2CCOCC2)cn2ncc(C#N)c(Nc3ccc(Oc4nccs4)cc3F)c12. The molecule has 3 aromatic heterocycles. The van der Waals surface area contributed by atoms with Crippen molar-refractivity contribution < 1.29 is 18.7 Å². The van der Waals surface area contributed by atoms with E-state index in [1.165, 1.54) is 29.7 Å². The predicted octanol–water partition coefficient (Wildman–Crippen LogP) is 4.10. The first-order valence-electron chi connectivity index (χ1n) is 11.9. The van der Waals surface area contributed by atoms with Gasteiger partial charge in [-0.3, -0.25) is 4.90 Å². The number of amides is 2. The molecule has 1 saturated heterocycles. The fraction of sp³-hybridized carbons (Fsp3) is 0.280. The van der Waals surface area contributed by atoms with E-state index >= 15 is 0 Å². The lowest BCUT2D eigenvalue weighted by Gasteiger charge is -2.26. The highest BCUT2D eigenvalue weighted by Crippen LogP contribution is 2.34. The van der Waals surface area contributed by atoms with E-state index in [9.17, 15) is 14.4 Å². The lowest BCUT2D eigenvalue weighted by Crippen LogP contribution is -2.42. The molecule has 0 spiro atoms. The van der Waals surface area contributed by atoms with Crippen LogP contribution in [0.3, 0.4) is 0 Å². The molecule has 3 N–H and O–H groups in total. The minimum absolute atomic E-state index is 0.150. The number of urea groups is 1. The molecule has 0 radical (unpaired) electrons. The molecule has 0 atom stereocenters. The van der Waals surface area contributed by atoms with Gasteiger partial charge < -0.3 is 25.4 Å². The van der Waals surface area contributed by atoms with Crippen LogP contribution < -0.4 is 20.7 Å². The van der Waals surface area contributed by atoms with Crippen LogP contribution in [0.2, 0.25) is 0 Å². The molecule has 0 saturated carbocycles. The third-order valence-corrected chi connectivity index (χ3v) is 6.71. The Morgan fingerprint density at radius 3 is 2.89 bits per heavy atom. The van der Waals surface area contributed by atoms with Crippen molar-refractivity contribution in [3.05, 3.63) is 59.1 Å². The molecule has 1 aliphatic rings. The third kappa shape index (κ3) is 5.67. The molecule has 1 aliphatic heterocycles. The van der Waals surface area contributed by atoms with Crippen LogP contribution in [0.4, 0.5) is 26.2 Å². The summed E-state index contributed by atoms with van der Waals surface area (Å²) in [7, 11) is 0. The summed E-state index contributed by atoms with van der Waals surface area (Å²) in [5.74, 6) is -0.270. The average molecular weight is 537 g/mol. The normalized spacial score (nSPS) is 13.7. The number of thiazole rings is 1. The Balaban J connectivity index is 1.33. The molecular formula is C25H25FN8O3S. The number of aryl methyl sites for hydroxylation is 1. The molecule has 4 heterocycles. The van der Waals surface area contributed by atoms with Gasteiger partial charge in [-0.05, 0) is 19.1 Å². The molecule has 4 aromatic rings. The maximum Gasteiger partial charge on any atom is 0.319 e. The number of anilines is 3. The lowest BCUT2D eigenvalue weighted by molar-refractivity contribution is 0.0388. The fourth-order valence-electron chi connectivity index (χ4n) is 4.10. The minimum Gasteiger partial charge on any atom is -0.431 e. The molecule has 1 aromatic carbocycles. The van der Waals surface area contributed by atoms with Crippen molar-refractivity contribution in [2.75, 3.05) is 50.0 Å². The molecule has 5 rings (SSSR count). The quantitative estimate of drug-likeness (QED) is 0.307. The second kappa shape index (κ2) is 11.4. The summed E-state index contributed by atoms with van der Waals surface area (Å²) in [5, 5.41) is 24.9. The van der Waals surface area contributed by atoms with E-state index in [2.05, 4.69) is 37.0 Å². The van der Waals surface area contributed by atoms with Crippen molar-refractivity contribution in [1.29, 1.82) is 5.26 Å². The average Bonchev–Trinajstić information content (AvgIpc) is 3.54. The monoisotopic (exact) mass is 536 g/mol. The van der Waals surface area contributed by atoms with Gasteiger partial charge in [0.1, 0.15) is 17.6 Å². The fourth-order valence-corrected chi connectivity index (χ4v) is 4.61. The first-order chi connectivity index (χ1) is 18.5. The molecule has 38 heavy (non-hydrogen) atoms. The van der Waals surface area contributed by atoms with Crippen molar-refractivity contribution in [3.63, 3.8) is 0 Å². The number of benzene rings is 1. The Morgan fingerprint density at radius 1 is 1.32 bits per heavy atom. The van der Waals surface area contributed by atoms with Crippen LogP contribution in [0.1, 0.15) is 11.1 Å². The Bertz CT molecular complexity index is 1480. The van der Waals surface area contributed by atoms with Gasteiger partial charge in [0.05, 0.1) is 53.7 Å². The smallest absolute Gasteiger partial charge is 0.319 e. The van der Waals surface area contributed by atoms with Gasteiger partial charge in [-0.15, -0.1) is 0 Å². The Morgan fingerprint density at radius 2 is 2.16 bits per heavy atom. The van der Waals surface area contributed by atoms with Gasteiger partial charge in [0.25, 0.3) is 5.19 Å². The maximum absolute atomic E-state index is 15.0. The van der Waals surface area contributed by atoms with E-state index < -0.39 is 5.82 Å². The summed E-state index contributed by atoms with van der Waals surface area (Å²) in [5.41, 5.74) is 2.47. The molecule has 0 bridgehead atoms. The number of carbonyl (C=O) groups is 1. The molecule has 0 unspecified atom stereocenters. The molecule has 196 valence electrons. The predicted molar refractivity (Wildman–Crippen MR) is 141 cm³/mol. The van der Waals surface area contributed by atoms with Crippen LogP contribution in [0.15, 0.2) is 42.2 Å². The van der Waals surface area contributed by atoms with E-state index in [0.717, 1.165) is 19.6 Å². The van der Waals surface area contributed by atoms with Gasteiger partial charge in [0.2, 0.25) is 0 Å². The topological polar surface area (TPSA) is 129 Å². The number of nitrogens with zero attached hydrogens (tertiary/aromatic N) is 5. The number of ether oxygens (including phenoxy) is 2. The molecular weight excluding hydrogens is 511 g/mol. The van der Waals surface area contributed by atoms with Crippen LogP contribution in [-0.4, -0.2) is 64.9 Å². The van der Waals surface area contributed by atoms with Gasteiger partial charge in [-0.25, -0.2) is 18.7 Å². The van der Waals surface area contributed by atoms with Crippen LogP contribution in [0, 0.1) is 24.1 Å². The second-order valence-electron chi connectivity index (χ2n) is 8.51. The number of morpholine rings is 1. The first kappa shape index (κ1) is 25.4. The summed E-state index contributed by atoms with van der Waals surface area (Å²) in [6.45, 7) is 6.11. The first-order valence-corrected chi connectivity index (χ1v) is 12.8. The van der Waals surface area contributed by atoms with Crippen LogP contribution in [0.5, 0.6) is 10.9 Å². The van der Waals surface area contributed by atoms with Crippen molar-refractivity contribution >= 4 is 39.9 Å². The number of nitriles is 1. The van der Waals surface area contributed by atoms with E-state index in [1.807, 2.05) is 0 Å². The van der Waals surface area contributed by atoms with Crippen molar-refractivity contribution in [3.8, 4) is 17.0 Å². The number of hydrogen-bond acceptors (Lipinski definition) is 9. The number of nitrogens with one attached hydrogen (secondary N) is 3. The number of hydrogen-bond donors (Lipinski definition) is 3. The highest BCUT2D eigenvalue weighted by atomic mass is 32.1. The van der Waals surface area contributed by atoms with Crippen molar-refractivity contribution in [2.24, 2.45) is 0 Å². The van der Waals surface area contributed by atoms with Crippen molar-refractivity contribution in [2.45, 2.75) is 6.92 Å². The number of halogens is 1. The summed E-state index contributed by atoms with van der Waals surface area (Å²) in [6, 6.07) is 6.12. The molecule has 1 fully saturated rings. The van der Waals surface area contributed by atoms with E-state index in [0.29, 0.717) is 53.2 Å². The number of carbonyl (C=O) groups excluding carboxylic acids is 1. The number of aromatic nitrogens is 3. The Hall–Kier alpha value is -4.25. The van der Waals surface area contributed by atoms with E-state index in [1.54, 1.807) is 35.3 Å². The van der Waals surface area contributed by atoms with Crippen LogP contribution in [0.25, 0.3) is 5.52 Å². The Kier molecular flexibility index (Phi) is 7.64. The summed E-state index contributed by atoms with van der Waals surface area (Å²) >= 11 is 1.30. The van der Waals surface area contributed by atoms with Crippen molar-refractivity contribution in [1.82, 2.24) is 24.8 Å². The summed E-state index contributed by atoms with van der Waals surface area (Å²) < 4.78 is 27.4.